The number of ketones is 1. The number of rotatable bonds is 6. The first-order chi connectivity index (χ1) is 6.74. The van der Waals surface area contributed by atoms with E-state index in [1.165, 1.54) is 12.8 Å². The average molecular weight is 194 g/mol. The second-order valence-corrected chi connectivity index (χ2v) is 3.68. The fourth-order valence-electron chi connectivity index (χ4n) is 1.45. The van der Waals surface area contributed by atoms with Crippen LogP contribution < -0.4 is 0 Å². The molecule has 0 aliphatic carbocycles. The Morgan fingerprint density at radius 1 is 1.36 bits per heavy atom. The lowest BCUT2D eigenvalue weighted by Crippen LogP contribution is -1.96. The predicted octanol–water partition coefficient (Wildman–Crippen LogP) is 3.74. The van der Waals surface area contributed by atoms with E-state index in [2.05, 4.69) is 6.92 Å². The summed E-state index contributed by atoms with van der Waals surface area (Å²) >= 11 is 0. The lowest BCUT2D eigenvalue weighted by atomic mass is 10.1. The molecular weight excluding hydrogens is 176 g/mol. The van der Waals surface area contributed by atoms with Crippen LogP contribution in [0.1, 0.15) is 55.1 Å². The minimum Gasteiger partial charge on any atom is -0.469 e. The highest BCUT2D eigenvalue weighted by Gasteiger charge is 2.07. The lowest BCUT2D eigenvalue weighted by Gasteiger charge is -1.97. The van der Waals surface area contributed by atoms with Crippen LogP contribution in [-0.4, -0.2) is 5.78 Å². The molecule has 1 aromatic heterocycles. The van der Waals surface area contributed by atoms with Crippen molar-refractivity contribution in [3.05, 3.63) is 23.7 Å². The molecule has 0 saturated heterocycles. The molecule has 0 fully saturated rings. The number of hydrogen-bond donors (Lipinski definition) is 0. The van der Waals surface area contributed by atoms with E-state index in [0.717, 1.165) is 24.2 Å². The van der Waals surface area contributed by atoms with Gasteiger partial charge in [-0.2, -0.15) is 0 Å². The van der Waals surface area contributed by atoms with Gasteiger partial charge in [0.2, 0.25) is 0 Å². The van der Waals surface area contributed by atoms with Gasteiger partial charge in [0, 0.05) is 6.42 Å². The quantitative estimate of drug-likeness (QED) is 0.510. The molecule has 2 nitrogen and oxygen atoms in total. The van der Waals surface area contributed by atoms with Crippen molar-refractivity contribution < 1.29 is 9.21 Å². The van der Waals surface area contributed by atoms with E-state index in [1.807, 2.05) is 13.0 Å². The molecule has 1 aromatic rings. The molecule has 0 N–H and O–H groups in total. The van der Waals surface area contributed by atoms with Crippen LogP contribution in [0.15, 0.2) is 16.7 Å². The molecule has 0 unspecified atom stereocenters. The van der Waals surface area contributed by atoms with Crippen LogP contribution in [0.4, 0.5) is 0 Å². The van der Waals surface area contributed by atoms with E-state index >= 15 is 0 Å². The van der Waals surface area contributed by atoms with E-state index in [1.54, 1.807) is 6.26 Å². The smallest absolute Gasteiger partial charge is 0.166 e. The van der Waals surface area contributed by atoms with Gasteiger partial charge in [0.1, 0.15) is 12.0 Å². The van der Waals surface area contributed by atoms with Crippen LogP contribution >= 0.6 is 0 Å². The predicted molar refractivity (Wildman–Crippen MR) is 56.5 cm³/mol. The van der Waals surface area contributed by atoms with E-state index in [-0.39, 0.29) is 5.78 Å². The molecule has 1 heterocycles. The maximum absolute atomic E-state index is 11.6. The molecule has 0 saturated carbocycles. The third kappa shape index (κ3) is 3.36. The first-order valence-electron chi connectivity index (χ1n) is 5.32. The Balaban J connectivity index is 2.29. The van der Waals surface area contributed by atoms with Crippen molar-refractivity contribution in [1.82, 2.24) is 0 Å². The molecule has 0 radical (unpaired) electrons. The van der Waals surface area contributed by atoms with Crippen molar-refractivity contribution in [2.24, 2.45) is 0 Å². The number of Topliss-reactive ketones (excluding diaryl/α,β-unsaturated/α-hetero) is 1. The zero-order valence-corrected chi connectivity index (χ0v) is 9.01. The van der Waals surface area contributed by atoms with Crippen LogP contribution in [-0.2, 0) is 0 Å². The van der Waals surface area contributed by atoms with Crippen molar-refractivity contribution in [1.29, 1.82) is 0 Å². The maximum atomic E-state index is 11.6. The summed E-state index contributed by atoms with van der Waals surface area (Å²) in [6.07, 6.45) is 6.78. The Bertz CT molecular complexity index is 286. The van der Waals surface area contributed by atoms with Crippen molar-refractivity contribution in [2.45, 2.75) is 46.0 Å². The summed E-state index contributed by atoms with van der Waals surface area (Å²) in [4.78, 5) is 11.6. The second kappa shape index (κ2) is 5.63. The van der Waals surface area contributed by atoms with Gasteiger partial charge in [-0.25, -0.2) is 0 Å². The summed E-state index contributed by atoms with van der Waals surface area (Å²) < 4.78 is 5.09. The van der Waals surface area contributed by atoms with Gasteiger partial charge in [0.25, 0.3) is 0 Å². The Labute approximate surface area is 85.3 Å². The van der Waals surface area contributed by atoms with E-state index in [4.69, 9.17) is 4.42 Å². The van der Waals surface area contributed by atoms with Crippen molar-refractivity contribution in [3.63, 3.8) is 0 Å². The highest BCUT2D eigenvalue weighted by molar-refractivity contribution is 5.95. The zero-order chi connectivity index (χ0) is 10.4. The van der Waals surface area contributed by atoms with Crippen LogP contribution in [0.2, 0.25) is 0 Å². The highest BCUT2D eigenvalue weighted by Crippen LogP contribution is 2.11. The standard InChI is InChI=1S/C12H18O2/c1-3-4-5-6-7-12(13)11-8-10(2)14-9-11/h8-9H,3-7H2,1-2H3. The third-order valence-corrected chi connectivity index (χ3v) is 2.31. The number of furan rings is 1. The van der Waals surface area contributed by atoms with Gasteiger partial charge >= 0.3 is 0 Å². The number of carbonyl (C=O) groups excluding carboxylic acids is 1. The zero-order valence-electron chi connectivity index (χ0n) is 9.01. The summed E-state index contributed by atoms with van der Waals surface area (Å²) in [5.74, 6) is 1.01. The lowest BCUT2D eigenvalue weighted by molar-refractivity contribution is 0.0978. The van der Waals surface area contributed by atoms with E-state index in [0.29, 0.717) is 6.42 Å². The van der Waals surface area contributed by atoms with Gasteiger partial charge < -0.3 is 4.42 Å². The molecule has 78 valence electrons. The van der Waals surface area contributed by atoms with Crippen LogP contribution in [0.5, 0.6) is 0 Å². The van der Waals surface area contributed by atoms with E-state index < -0.39 is 0 Å². The molecule has 0 aromatic carbocycles. The molecule has 0 spiro atoms. The summed E-state index contributed by atoms with van der Waals surface area (Å²) in [6.45, 7) is 4.02. The normalized spacial score (nSPS) is 10.4. The summed E-state index contributed by atoms with van der Waals surface area (Å²) in [7, 11) is 0. The van der Waals surface area contributed by atoms with Crippen LogP contribution in [0.3, 0.4) is 0 Å². The molecule has 0 bridgehead atoms. The topological polar surface area (TPSA) is 30.2 Å². The third-order valence-electron chi connectivity index (χ3n) is 2.31. The van der Waals surface area contributed by atoms with E-state index in [9.17, 15) is 4.79 Å². The molecule has 0 atom stereocenters. The second-order valence-electron chi connectivity index (χ2n) is 3.68. The number of carbonyl (C=O) groups is 1. The van der Waals surface area contributed by atoms with Gasteiger partial charge in [-0.3, -0.25) is 4.79 Å². The van der Waals surface area contributed by atoms with Gasteiger partial charge in [0.05, 0.1) is 5.56 Å². The van der Waals surface area contributed by atoms with Gasteiger partial charge in [-0.05, 0) is 19.4 Å². The van der Waals surface area contributed by atoms with Crippen LogP contribution in [0, 0.1) is 6.92 Å². The largest absolute Gasteiger partial charge is 0.469 e. The van der Waals surface area contributed by atoms with Gasteiger partial charge in [0.15, 0.2) is 5.78 Å². The first kappa shape index (κ1) is 11.0. The van der Waals surface area contributed by atoms with Crippen molar-refractivity contribution >= 4 is 5.78 Å². The monoisotopic (exact) mass is 194 g/mol. The number of aryl methyl sites for hydroxylation is 1. The summed E-state index contributed by atoms with van der Waals surface area (Å²) in [5, 5.41) is 0. The SMILES string of the molecule is CCCCCCC(=O)c1coc(C)c1. The minimum atomic E-state index is 0.206. The first-order valence-corrected chi connectivity index (χ1v) is 5.32. The Hall–Kier alpha value is -1.05. The molecule has 1 rings (SSSR count). The van der Waals surface area contributed by atoms with Gasteiger partial charge in [-0.1, -0.05) is 26.2 Å². The number of unbranched alkanes of at least 4 members (excludes halogenated alkanes) is 3. The molecule has 0 aliphatic heterocycles. The fraction of sp³-hybridized carbons (Fsp3) is 0.583. The summed E-state index contributed by atoms with van der Waals surface area (Å²) in [6, 6.07) is 1.81. The highest BCUT2D eigenvalue weighted by atomic mass is 16.3. The van der Waals surface area contributed by atoms with Crippen molar-refractivity contribution in [2.75, 3.05) is 0 Å². The average Bonchev–Trinajstić information content (AvgIpc) is 2.59. The van der Waals surface area contributed by atoms with Crippen molar-refractivity contribution in [3.8, 4) is 0 Å². The van der Waals surface area contributed by atoms with Crippen LogP contribution in [0.25, 0.3) is 0 Å². The summed E-state index contributed by atoms with van der Waals surface area (Å²) in [5.41, 5.74) is 0.721. The molecular formula is C12H18O2. The fourth-order valence-corrected chi connectivity index (χ4v) is 1.45. The number of hydrogen-bond acceptors (Lipinski definition) is 2. The molecule has 2 heteroatoms. The Kier molecular flexibility index (Phi) is 4.44. The Morgan fingerprint density at radius 2 is 2.14 bits per heavy atom. The minimum absolute atomic E-state index is 0.206. The van der Waals surface area contributed by atoms with Gasteiger partial charge in [-0.15, -0.1) is 0 Å². The maximum Gasteiger partial charge on any atom is 0.166 e. The molecule has 0 amide bonds. The Morgan fingerprint density at radius 3 is 2.71 bits per heavy atom. The molecule has 0 aliphatic rings. The molecule has 14 heavy (non-hydrogen) atoms.